The molecule has 0 amide bonds. The summed E-state index contributed by atoms with van der Waals surface area (Å²) in [6, 6.07) is 10.2. The molecule has 3 heterocycles. The van der Waals surface area contributed by atoms with E-state index in [-0.39, 0.29) is 11.4 Å². The normalized spacial score (nSPS) is 17.8. The smallest absolute Gasteiger partial charge is 0.225 e. The van der Waals surface area contributed by atoms with Gasteiger partial charge in [-0.1, -0.05) is 30.3 Å². The minimum absolute atomic E-state index is 0.128. The SMILES string of the molecule is Clc1nc(NCc2ccccc2)c2sc([C@H]3CCCCO3)c(Br)c2n1. The Bertz CT molecular complexity index is 881. The minimum Gasteiger partial charge on any atom is -0.373 e. The predicted molar refractivity (Wildman–Crippen MR) is 106 cm³/mol. The molecule has 1 aliphatic rings. The van der Waals surface area contributed by atoms with Gasteiger partial charge in [0.05, 0.1) is 20.2 Å². The first kappa shape index (κ1) is 17.2. The topological polar surface area (TPSA) is 47.0 Å². The van der Waals surface area contributed by atoms with E-state index in [0.29, 0.717) is 6.54 Å². The number of aromatic nitrogens is 2. The quantitative estimate of drug-likeness (QED) is 0.510. The molecule has 1 aliphatic heterocycles. The van der Waals surface area contributed by atoms with Gasteiger partial charge in [-0.25, -0.2) is 4.98 Å². The first-order chi connectivity index (χ1) is 12.2. The second kappa shape index (κ2) is 7.58. The Hall–Kier alpha value is -1.21. The van der Waals surface area contributed by atoms with E-state index in [4.69, 9.17) is 16.3 Å². The van der Waals surface area contributed by atoms with Crippen LogP contribution in [0.3, 0.4) is 0 Å². The molecule has 0 spiro atoms. The molecule has 4 nitrogen and oxygen atoms in total. The molecule has 1 fully saturated rings. The molecule has 3 aromatic rings. The molecule has 0 aliphatic carbocycles. The Morgan fingerprint density at radius 2 is 2.08 bits per heavy atom. The summed E-state index contributed by atoms with van der Waals surface area (Å²) in [5.74, 6) is 0.770. The van der Waals surface area contributed by atoms with Gasteiger partial charge in [0.25, 0.3) is 0 Å². The third-order valence-corrected chi connectivity index (χ3v) is 6.76. The van der Waals surface area contributed by atoms with E-state index < -0.39 is 0 Å². The zero-order valence-electron chi connectivity index (χ0n) is 13.5. The zero-order valence-corrected chi connectivity index (χ0v) is 16.6. The first-order valence-corrected chi connectivity index (χ1v) is 10.3. The lowest BCUT2D eigenvalue weighted by Gasteiger charge is -2.21. The number of nitrogens with zero attached hydrogens (tertiary/aromatic N) is 2. The number of fused-ring (bicyclic) bond motifs is 1. The van der Waals surface area contributed by atoms with Crippen molar-refractivity contribution in [2.24, 2.45) is 0 Å². The third kappa shape index (κ3) is 3.67. The Kier molecular flexibility index (Phi) is 5.22. The fourth-order valence-corrected chi connectivity index (χ4v) is 5.26. The lowest BCUT2D eigenvalue weighted by atomic mass is 10.1. The lowest BCUT2D eigenvalue weighted by Crippen LogP contribution is -2.10. The fraction of sp³-hybridized carbons (Fsp3) is 0.333. The number of halogens is 2. The van der Waals surface area contributed by atoms with Crippen molar-refractivity contribution in [3.05, 3.63) is 50.5 Å². The Morgan fingerprint density at radius 3 is 2.84 bits per heavy atom. The van der Waals surface area contributed by atoms with Gasteiger partial charge in [-0.05, 0) is 52.4 Å². The Labute approximate surface area is 163 Å². The molecule has 1 aromatic carbocycles. The van der Waals surface area contributed by atoms with Crippen LogP contribution in [0.15, 0.2) is 34.8 Å². The summed E-state index contributed by atoms with van der Waals surface area (Å²) in [4.78, 5) is 10.0. The summed E-state index contributed by atoms with van der Waals surface area (Å²) in [6.45, 7) is 1.50. The van der Waals surface area contributed by atoms with Crippen LogP contribution in [-0.2, 0) is 11.3 Å². The highest BCUT2D eigenvalue weighted by molar-refractivity contribution is 9.10. The minimum atomic E-state index is 0.128. The third-order valence-electron chi connectivity index (χ3n) is 4.25. The van der Waals surface area contributed by atoms with Crippen LogP contribution in [0.2, 0.25) is 5.28 Å². The van der Waals surface area contributed by atoms with E-state index in [1.165, 1.54) is 16.9 Å². The molecule has 1 atom stereocenters. The summed E-state index contributed by atoms with van der Waals surface area (Å²) in [7, 11) is 0. The van der Waals surface area contributed by atoms with Crippen molar-refractivity contribution < 1.29 is 4.74 Å². The molecule has 130 valence electrons. The number of nitrogens with one attached hydrogen (secondary N) is 1. The maximum Gasteiger partial charge on any atom is 0.225 e. The average molecular weight is 439 g/mol. The van der Waals surface area contributed by atoms with E-state index in [9.17, 15) is 0 Å². The van der Waals surface area contributed by atoms with Gasteiger partial charge in [0.1, 0.15) is 11.3 Å². The van der Waals surface area contributed by atoms with Crippen molar-refractivity contribution in [3.63, 3.8) is 0 Å². The van der Waals surface area contributed by atoms with Gasteiger partial charge in [0.15, 0.2) is 0 Å². The number of hydrogen-bond donors (Lipinski definition) is 1. The summed E-state index contributed by atoms with van der Waals surface area (Å²) >= 11 is 11.6. The molecular formula is C18H17BrClN3OS. The van der Waals surface area contributed by atoms with Crippen molar-refractivity contribution in [3.8, 4) is 0 Å². The number of hydrogen-bond acceptors (Lipinski definition) is 5. The standard InChI is InChI=1S/C18H17BrClN3OS/c19-13-14-16(25-15(13)12-8-4-5-9-24-12)17(23-18(20)22-14)21-10-11-6-2-1-3-7-11/h1-3,6-7,12H,4-5,8-10H2,(H,21,22,23)/t12-/m1/s1. The monoisotopic (exact) mass is 437 g/mol. The van der Waals surface area contributed by atoms with Crippen molar-refractivity contribution in [2.45, 2.75) is 31.9 Å². The van der Waals surface area contributed by atoms with Gasteiger partial charge in [0, 0.05) is 13.2 Å². The molecule has 0 unspecified atom stereocenters. The van der Waals surface area contributed by atoms with Crippen LogP contribution in [0, 0.1) is 0 Å². The number of ether oxygens (including phenoxy) is 1. The summed E-state index contributed by atoms with van der Waals surface area (Å²) in [5.41, 5.74) is 2.04. The van der Waals surface area contributed by atoms with Crippen LogP contribution in [-0.4, -0.2) is 16.6 Å². The maximum atomic E-state index is 6.16. The van der Waals surface area contributed by atoms with E-state index in [0.717, 1.165) is 40.0 Å². The highest BCUT2D eigenvalue weighted by Crippen LogP contribution is 2.44. The fourth-order valence-electron chi connectivity index (χ4n) is 3.00. The number of thiophene rings is 1. The molecule has 2 aromatic heterocycles. The molecule has 0 saturated carbocycles. The number of rotatable bonds is 4. The van der Waals surface area contributed by atoms with Crippen molar-refractivity contribution in [2.75, 3.05) is 11.9 Å². The lowest BCUT2D eigenvalue weighted by molar-refractivity contribution is 0.0168. The molecule has 4 rings (SSSR count). The van der Waals surface area contributed by atoms with Crippen molar-refractivity contribution in [1.82, 2.24) is 9.97 Å². The van der Waals surface area contributed by atoms with Gasteiger partial charge in [-0.3, -0.25) is 0 Å². The summed E-state index contributed by atoms with van der Waals surface area (Å²) < 4.78 is 7.94. The van der Waals surface area contributed by atoms with Crippen LogP contribution >= 0.6 is 38.9 Å². The molecule has 0 radical (unpaired) electrons. The molecule has 1 N–H and O–H groups in total. The molecule has 7 heteroatoms. The van der Waals surface area contributed by atoms with E-state index in [2.05, 4.69) is 43.3 Å². The van der Waals surface area contributed by atoms with Crippen LogP contribution in [0.1, 0.15) is 35.8 Å². The van der Waals surface area contributed by atoms with Gasteiger partial charge < -0.3 is 10.1 Å². The van der Waals surface area contributed by atoms with Crippen molar-refractivity contribution in [1.29, 1.82) is 0 Å². The molecular weight excluding hydrogens is 422 g/mol. The van der Waals surface area contributed by atoms with Gasteiger partial charge >= 0.3 is 0 Å². The van der Waals surface area contributed by atoms with Crippen LogP contribution in [0.4, 0.5) is 5.82 Å². The maximum absolute atomic E-state index is 6.16. The zero-order chi connectivity index (χ0) is 17.2. The second-order valence-electron chi connectivity index (χ2n) is 5.99. The number of anilines is 1. The van der Waals surface area contributed by atoms with Gasteiger partial charge in [-0.2, -0.15) is 4.98 Å². The van der Waals surface area contributed by atoms with Gasteiger partial charge in [-0.15, -0.1) is 11.3 Å². The Balaban J connectivity index is 1.68. The average Bonchev–Trinajstić information content (AvgIpc) is 2.98. The van der Waals surface area contributed by atoms with Gasteiger partial charge in [0.2, 0.25) is 5.28 Å². The second-order valence-corrected chi connectivity index (χ2v) is 8.18. The Morgan fingerprint density at radius 1 is 1.24 bits per heavy atom. The molecule has 1 saturated heterocycles. The first-order valence-electron chi connectivity index (χ1n) is 8.27. The predicted octanol–water partition coefficient (Wildman–Crippen LogP) is 5.96. The number of benzene rings is 1. The summed E-state index contributed by atoms with van der Waals surface area (Å²) in [5, 5.41) is 3.65. The van der Waals surface area contributed by atoms with E-state index in [1.807, 2.05) is 18.2 Å². The summed E-state index contributed by atoms with van der Waals surface area (Å²) in [6.07, 6.45) is 3.49. The molecule has 0 bridgehead atoms. The van der Waals surface area contributed by atoms with Crippen molar-refractivity contribution >= 4 is 54.9 Å². The van der Waals surface area contributed by atoms with E-state index >= 15 is 0 Å². The van der Waals surface area contributed by atoms with Crippen LogP contribution in [0.25, 0.3) is 10.2 Å². The van der Waals surface area contributed by atoms with Crippen LogP contribution < -0.4 is 5.32 Å². The highest BCUT2D eigenvalue weighted by atomic mass is 79.9. The highest BCUT2D eigenvalue weighted by Gasteiger charge is 2.25. The van der Waals surface area contributed by atoms with Crippen LogP contribution in [0.5, 0.6) is 0 Å². The molecule has 25 heavy (non-hydrogen) atoms. The largest absolute Gasteiger partial charge is 0.373 e. The van der Waals surface area contributed by atoms with E-state index in [1.54, 1.807) is 11.3 Å².